The Hall–Kier alpha value is -1.63. The summed E-state index contributed by atoms with van der Waals surface area (Å²) in [6.45, 7) is -1.49. The normalized spacial score (nSPS) is 11.5. The molecule has 1 aromatic heterocycles. The number of hydrogen-bond acceptors (Lipinski definition) is 4. The molecule has 0 amide bonds. The van der Waals surface area contributed by atoms with E-state index in [1.165, 1.54) is 12.3 Å². The summed E-state index contributed by atoms with van der Waals surface area (Å²) in [7, 11) is 0. The number of carbonyl (C=O) groups is 1. The smallest absolute Gasteiger partial charge is 0.384 e. The van der Waals surface area contributed by atoms with Gasteiger partial charge in [0.05, 0.1) is 13.1 Å². The number of nitrogens with two attached hydrogens (primary N) is 1. The summed E-state index contributed by atoms with van der Waals surface area (Å²) in [5, 5.41) is 2.04. The second kappa shape index (κ2) is 5.62. The topological polar surface area (TPSA) is 68.0 Å². The predicted octanol–water partition coefficient (Wildman–Crippen LogP) is 0.927. The minimum Gasteiger partial charge on any atom is -0.384 e. The number of aromatic nitrogens is 1. The Bertz CT molecular complexity index is 393. The van der Waals surface area contributed by atoms with Crippen LogP contribution < -0.4 is 11.1 Å². The zero-order valence-electron chi connectivity index (χ0n) is 8.92. The lowest BCUT2D eigenvalue weighted by Crippen LogP contribution is -2.33. The second-order valence-electron chi connectivity index (χ2n) is 3.52. The highest BCUT2D eigenvalue weighted by Crippen LogP contribution is 2.12. The second-order valence-corrected chi connectivity index (χ2v) is 3.52. The van der Waals surface area contributed by atoms with Gasteiger partial charge in [0.1, 0.15) is 5.82 Å². The van der Waals surface area contributed by atoms with Crippen molar-refractivity contribution in [1.82, 2.24) is 10.3 Å². The molecule has 1 aromatic rings. The Labute approximate surface area is 96.0 Å². The van der Waals surface area contributed by atoms with E-state index in [-0.39, 0.29) is 24.6 Å². The Kier molecular flexibility index (Phi) is 4.45. The van der Waals surface area contributed by atoms with Gasteiger partial charge in [-0.15, -0.1) is 0 Å². The van der Waals surface area contributed by atoms with Crippen LogP contribution in [0.4, 0.5) is 19.0 Å². The number of nitrogen functional groups attached to an aromatic ring is 1. The number of halogens is 3. The Morgan fingerprint density at radius 1 is 1.47 bits per heavy atom. The average molecular weight is 247 g/mol. The van der Waals surface area contributed by atoms with E-state index in [1.54, 1.807) is 6.07 Å². The third kappa shape index (κ3) is 5.86. The van der Waals surface area contributed by atoms with Gasteiger partial charge in [-0.2, -0.15) is 13.2 Å². The summed E-state index contributed by atoms with van der Waals surface area (Å²) in [6, 6.07) is 3.11. The summed E-state index contributed by atoms with van der Waals surface area (Å²) in [6.07, 6.45) is -2.82. The molecule has 0 bridgehead atoms. The van der Waals surface area contributed by atoms with Crippen LogP contribution in [-0.4, -0.2) is 30.0 Å². The van der Waals surface area contributed by atoms with E-state index in [2.05, 4.69) is 4.98 Å². The third-order valence-electron chi connectivity index (χ3n) is 1.89. The fourth-order valence-electron chi connectivity index (χ4n) is 1.24. The maximum atomic E-state index is 11.8. The lowest BCUT2D eigenvalue weighted by Gasteiger charge is -2.07. The van der Waals surface area contributed by atoms with Crippen molar-refractivity contribution in [3.8, 4) is 0 Å². The summed E-state index contributed by atoms with van der Waals surface area (Å²) < 4.78 is 35.4. The number of rotatable bonds is 5. The molecular formula is C10H12F3N3O. The van der Waals surface area contributed by atoms with E-state index in [0.29, 0.717) is 5.56 Å². The molecule has 0 saturated heterocycles. The van der Waals surface area contributed by atoms with Crippen molar-refractivity contribution >= 4 is 11.6 Å². The van der Waals surface area contributed by atoms with Crippen molar-refractivity contribution in [2.45, 2.75) is 12.6 Å². The van der Waals surface area contributed by atoms with E-state index >= 15 is 0 Å². The van der Waals surface area contributed by atoms with Crippen LogP contribution in [0.25, 0.3) is 0 Å². The van der Waals surface area contributed by atoms with Gasteiger partial charge >= 0.3 is 6.18 Å². The molecule has 7 heteroatoms. The molecule has 0 spiro atoms. The Morgan fingerprint density at radius 2 is 2.18 bits per heavy atom. The Balaban J connectivity index is 2.35. The molecule has 1 rings (SSSR count). The molecule has 0 aliphatic heterocycles. The molecule has 0 radical (unpaired) electrons. The highest BCUT2D eigenvalue weighted by Gasteiger charge is 2.26. The molecule has 94 valence electrons. The first-order chi connectivity index (χ1) is 7.87. The monoisotopic (exact) mass is 247 g/mol. The van der Waals surface area contributed by atoms with Crippen LogP contribution in [0, 0.1) is 0 Å². The number of alkyl halides is 3. The van der Waals surface area contributed by atoms with Gasteiger partial charge in [-0.3, -0.25) is 4.79 Å². The first-order valence-electron chi connectivity index (χ1n) is 4.86. The number of nitrogens with one attached hydrogen (secondary N) is 1. The SMILES string of the molecule is Nc1cc(CC(=O)CNCC(F)(F)F)ccn1. The van der Waals surface area contributed by atoms with Crippen LogP contribution in [0.15, 0.2) is 18.3 Å². The van der Waals surface area contributed by atoms with Crippen molar-refractivity contribution in [2.75, 3.05) is 18.8 Å². The number of nitrogens with zero attached hydrogens (tertiary/aromatic N) is 1. The lowest BCUT2D eigenvalue weighted by molar-refractivity contribution is -0.127. The van der Waals surface area contributed by atoms with E-state index in [0.717, 1.165) is 0 Å². The molecular weight excluding hydrogens is 235 g/mol. The van der Waals surface area contributed by atoms with Gasteiger partial charge in [-0.1, -0.05) is 0 Å². The van der Waals surface area contributed by atoms with Crippen LogP contribution in [0.1, 0.15) is 5.56 Å². The van der Waals surface area contributed by atoms with Crippen molar-refractivity contribution in [1.29, 1.82) is 0 Å². The lowest BCUT2D eigenvalue weighted by atomic mass is 10.1. The van der Waals surface area contributed by atoms with E-state index < -0.39 is 12.7 Å². The Morgan fingerprint density at radius 3 is 2.76 bits per heavy atom. The molecule has 1 heterocycles. The molecule has 0 saturated carbocycles. The first-order valence-corrected chi connectivity index (χ1v) is 4.86. The summed E-state index contributed by atoms with van der Waals surface area (Å²) >= 11 is 0. The standard InChI is InChI=1S/C10H12F3N3O/c11-10(12,13)6-15-5-8(17)3-7-1-2-16-9(14)4-7/h1-2,4,15H,3,5-6H2,(H2,14,16). The van der Waals surface area contributed by atoms with Crippen LogP contribution in [-0.2, 0) is 11.2 Å². The minimum atomic E-state index is -4.30. The largest absolute Gasteiger partial charge is 0.401 e. The summed E-state index contributed by atoms with van der Waals surface area (Å²) in [5.74, 6) is -0.0570. The van der Waals surface area contributed by atoms with Gasteiger partial charge in [0, 0.05) is 12.6 Å². The quantitative estimate of drug-likeness (QED) is 0.812. The third-order valence-corrected chi connectivity index (χ3v) is 1.89. The molecule has 0 aromatic carbocycles. The minimum absolute atomic E-state index is 0.0393. The van der Waals surface area contributed by atoms with Crippen LogP contribution in [0.2, 0.25) is 0 Å². The maximum absolute atomic E-state index is 11.8. The molecule has 3 N–H and O–H groups in total. The van der Waals surface area contributed by atoms with Gasteiger partial charge in [-0.25, -0.2) is 4.98 Å². The van der Waals surface area contributed by atoms with Gasteiger partial charge in [0.15, 0.2) is 5.78 Å². The molecule has 0 aliphatic rings. The zero-order valence-corrected chi connectivity index (χ0v) is 8.92. The van der Waals surface area contributed by atoms with Gasteiger partial charge < -0.3 is 11.1 Å². The number of carbonyl (C=O) groups excluding carboxylic acids is 1. The number of hydrogen-bond donors (Lipinski definition) is 2. The number of pyridine rings is 1. The fraction of sp³-hybridized carbons (Fsp3) is 0.400. The van der Waals surface area contributed by atoms with Crippen LogP contribution >= 0.6 is 0 Å². The van der Waals surface area contributed by atoms with E-state index in [4.69, 9.17) is 5.73 Å². The molecule has 17 heavy (non-hydrogen) atoms. The first kappa shape index (κ1) is 13.4. The van der Waals surface area contributed by atoms with E-state index in [9.17, 15) is 18.0 Å². The van der Waals surface area contributed by atoms with Gasteiger partial charge in [-0.05, 0) is 17.7 Å². The molecule has 0 aliphatic carbocycles. The molecule has 4 nitrogen and oxygen atoms in total. The fourth-order valence-corrected chi connectivity index (χ4v) is 1.24. The number of ketones is 1. The van der Waals surface area contributed by atoms with Crippen molar-refractivity contribution in [3.05, 3.63) is 23.9 Å². The van der Waals surface area contributed by atoms with Crippen molar-refractivity contribution in [2.24, 2.45) is 0 Å². The van der Waals surface area contributed by atoms with Crippen molar-refractivity contribution < 1.29 is 18.0 Å². The van der Waals surface area contributed by atoms with Crippen LogP contribution in [0.5, 0.6) is 0 Å². The zero-order chi connectivity index (χ0) is 12.9. The summed E-state index contributed by atoms with van der Waals surface area (Å²) in [5.41, 5.74) is 6.04. The van der Waals surface area contributed by atoms with Gasteiger partial charge in [0.25, 0.3) is 0 Å². The highest BCUT2D eigenvalue weighted by molar-refractivity contribution is 5.82. The number of Topliss-reactive ketones (excluding diaryl/α,β-unsaturated/α-hetero) is 1. The van der Waals surface area contributed by atoms with Gasteiger partial charge in [0.2, 0.25) is 0 Å². The van der Waals surface area contributed by atoms with Crippen LogP contribution in [0.3, 0.4) is 0 Å². The summed E-state index contributed by atoms with van der Waals surface area (Å²) in [4.78, 5) is 15.1. The highest BCUT2D eigenvalue weighted by atomic mass is 19.4. The maximum Gasteiger partial charge on any atom is 0.401 e. The molecule has 0 atom stereocenters. The molecule has 0 fully saturated rings. The molecule has 0 unspecified atom stereocenters. The predicted molar refractivity (Wildman–Crippen MR) is 56.3 cm³/mol. The number of anilines is 1. The van der Waals surface area contributed by atoms with E-state index in [1.807, 2.05) is 5.32 Å². The van der Waals surface area contributed by atoms with Crippen molar-refractivity contribution in [3.63, 3.8) is 0 Å². The average Bonchev–Trinajstić information content (AvgIpc) is 2.15.